The highest BCUT2D eigenvalue weighted by atomic mass is 32.2. The van der Waals surface area contributed by atoms with Crippen LogP contribution < -0.4 is 11.2 Å². The molecule has 0 radical (unpaired) electrons. The molecular weight excluding hydrogens is 334 g/mol. The lowest BCUT2D eigenvalue weighted by atomic mass is 10.0. The van der Waals surface area contributed by atoms with Crippen LogP contribution in [0.1, 0.15) is 25.7 Å². The van der Waals surface area contributed by atoms with E-state index >= 15 is 0 Å². The molecule has 0 saturated carbocycles. The van der Waals surface area contributed by atoms with Crippen LogP contribution in [0.2, 0.25) is 0 Å². The minimum atomic E-state index is -3.77. The standard InChI is InChI=1S/C15H19N3O5S/c19-8-6-10-3-1-2-7-18(10)24(22,23)11-4-5-13-12(9-11)14(20)17-15(21)16-13/h4-5,9-10,19H,1-3,6-8H2,(H2,16,17,20,21)/t10-/m0/s1. The Balaban J connectivity index is 2.07. The van der Waals surface area contributed by atoms with Crippen molar-refractivity contribution in [2.45, 2.75) is 36.6 Å². The number of aromatic amines is 2. The maximum absolute atomic E-state index is 13.0. The Labute approximate surface area is 138 Å². The van der Waals surface area contributed by atoms with Gasteiger partial charge in [0.2, 0.25) is 10.0 Å². The summed E-state index contributed by atoms with van der Waals surface area (Å²) < 4.78 is 27.3. The largest absolute Gasteiger partial charge is 0.396 e. The van der Waals surface area contributed by atoms with Crippen molar-refractivity contribution in [3.8, 4) is 0 Å². The van der Waals surface area contributed by atoms with Gasteiger partial charge in [0, 0.05) is 19.2 Å². The fraction of sp³-hybridized carbons (Fsp3) is 0.467. The summed E-state index contributed by atoms with van der Waals surface area (Å²) in [6, 6.07) is 3.85. The summed E-state index contributed by atoms with van der Waals surface area (Å²) >= 11 is 0. The lowest BCUT2D eigenvalue weighted by Crippen LogP contribution is -2.44. The number of H-pyrrole nitrogens is 2. The van der Waals surface area contributed by atoms with Gasteiger partial charge in [-0.1, -0.05) is 6.42 Å². The normalized spacial score (nSPS) is 19.6. The number of rotatable bonds is 4. The quantitative estimate of drug-likeness (QED) is 0.721. The first kappa shape index (κ1) is 16.9. The van der Waals surface area contributed by atoms with Crippen LogP contribution in [0.5, 0.6) is 0 Å². The van der Waals surface area contributed by atoms with Gasteiger partial charge in [0.1, 0.15) is 0 Å². The van der Waals surface area contributed by atoms with Gasteiger partial charge in [-0.05, 0) is 37.5 Å². The summed E-state index contributed by atoms with van der Waals surface area (Å²) in [6.07, 6.45) is 2.79. The Bertz CT molecular complexity index is 961. The molecule has 0 unspecified atom stereocenters. The number of nitrogens with one attached hydrogen (secondary N) is 2. The molecule has 1 aliphatic heterocycles. The van der Waals surface area contributed by atoms with Gasteiger partial charge in [-0.15, -0.1) is 0 Å². The van der Waals surface area contributed by atoms with Crippen molar-refractivity contribution in [2.24, 2.45) is 0 Å². The predicted octanol–water partition coefficient (Wildman–Crippen LogP) is 0.142. The minimum absolute atomic E-state index is 0.0115. The molecule has 2 aromatic rings. The zero-order chi connectivity index (χ0) is 17.3. The number of hydrogen-bond donors (Lipinski definition) is 3. The van der Waals surface area contributed by atoms with E-state index in [2.05, 4.69) is 9.97 Å². The molecule has 1 fully saturated rings. The van der Waals surface area contributed by atoms with Crippen LogP contribution in [0.25, 0.3) is 10.9 Å². The highest BCUT2D eigenvalue weighted by Crippen LogP contribution is 2.27. The monoisotopic (exact) mass is 353 g/mol. The molecule has 3 N–H and O–H groups in total. The van der Waals surface area contributed by atoms with E-state index in [9.17, 15) is 23.1 Å². The van der Waals surface area contributed by atoms with E-state index in [1.165, 1.54) is 22.5 Å². The summed E-state index contributed by atoms with van der Waals surface area (Å²) in [5, 5.41) is 9.29. The Morgan fingerprint density at radius 1 is 1.21 bits per heavy atom. The minimum Gasteiger partial charge on any atom is -0.396 e. The molecular formula is C15H19N3O5S. The fourth-order valence-electron chi connectivity index (χ4n) is 3.17. The average Bonchev–Trinajstić information content (AvgIpc) is 2.55. The summed E-state index contributed by atoms with van der Waals surface area (Å²) in [5.74, 6) is 0. The van der Waals surface area contributed by atoms with E-state index < -0.39 is 21.3 Å². The average molecular weight is 353 g/mol. The summed E-state index contributed by atoms with van der Waals surface area (Å²) in [6.45, 7) is 0.322. The van der Waals surface area contributed by atoms with Crippen molar-refractivity contribution in [2.75, 3.05) is 13.2 Å². The fourth-order valence-corrected chi connectivity index (χ4v) is 4.92. The molecule has 9 heteroatoms. The third-order valence-corrected chi connectivity index (χ3v) is 6.30. The highest BCUT2D eigenvalue weighted by Gasteiger charge is 2.33. The zero-order valence-electron chi connectivity index (χ0n) is 13.0. The SMILES string of the molecule is O=c1[nH]c(=O)c2cc(S(=O)(=O)N3CCCC[C@H]3CCO)ccc2[nH]1. The zero-order valence-corrected chi connectivity index (χ0v) is 13.8. The summed E-state index contributed by atoms with van der Waals surface area (Å²) in [4.78, 5) is 27.8. The van der Waals surface area contributed by atoms with Crippen molar-refractivity contribution >= 4 is 20.9 Å². The first-order valence-electron chi connectivity index (χ1n) is 7.82. The van der Waals surface area contributed by atoms with Crippen LogP contribution in [0, 0.1) is 0 Å². The van der Waals surface area contributed by atoms with Crippen LogP contribution in [-0.4, -0.2) is 47.0 Å². The smallest absolute Gasteiger partial charge is 0.326 e. The molecule has 0 bridgehead atoms. The van der Waals surface area contributed by atoms with Crippen molar-refractivity contribution in [1.29, 1.82) is 0 Å². The van der Waals surface area contributed by atoms with Crippen molar-refractivity contribution in [1.82, 2.24) is 14.3 Å². The Kier molecular flexibility index (Phi) is 4.57. The van der Waals surface area contributed by atoms with Gasteiger partial charge in [0.05, 0.1) is 15.8 Å². The van der Waals surface area contributed by atoms with Gasteiger partial charge in [-0.25, -0.2) is 13.2 Å². The van der Waals surface area contributed by atoms with Gasteiger partial charge >= 0.3 is 5.69 Å². The molecule has 1 aliphatic rings. The van der Waals surface area contributed by atoms with E-state index in [-0.39, 0.29) is 28.4 Å². The number of aliphatic hydroxyl groups is 1. The van der Waals surface area contributed by atoms with Crippen molar-refractivity contribution in [3.63, 3.8) is 0 Å². The van der Waals surface area contributed by atoms with Crippen LogP contribution in [0.15, 0.2) is 32.7 Å². The molecule has 0 aliphatic carbocycles. The number of aliphatic hydroxyl groups excluding tert-OH is 1. The van der Waals surface area contributed by atoms with E-state index in [4.69, 9.17) is 0 Å². The highest BCUT2D eigenvalue weighted by molar-refractivity contribution is 7.89. The molecule has 0 spiro atoms. The molecule has 3 rings (SSSR count). The van der Waals surface area contributed by atoms with Crippen LogP contribution in [0.4, 0.5) is 0 Å². The van der Waals surface area contributed by atoms with Gasteiger partial charge in [0.25, 0.3) is 5.56 Å². The number of hydrogen-bond acceptors (Lipinski definition) is 5. The second-order valence-electron chi connectivity index (χ2n) is 5.89. The number of nitrogens with zero attached hydrogens (tertiary/aromatic N) is 1. The molecule has 1 aromatic carbocycles. The molecule has 130 valence electrons. The number of piperidine rings is 1. The maximum Gasteiger partial charge on any atom is 0.326 e. The van der Waals surface area contributed by atoms with Crippen LogP contribution >= 0.6 is 0 Å². The predicted molar refractivity (Wildman–Crippen MR) is 88.4 cm³/mol. The molecule has 24 heavy (non-hydrogen) atoms. The molecule has 0 amide bonds. The van der Waals surface area contributed by atoms with Gasteiger partial charge in [-0.2, -0.15) is 4.31 Å². The lowest BCUT2D eigenvalue weighted by Gasteiger charge is -2.34. The van der Waals surface area contributed by atoms with E-state index in [1.807, 2.05) is 0 Å². The summed E-state index contributed by atoms with van der Waals surface area (Å²) in [5.41, 5.74) is -0.980. The molecule has 2 heterocycles. The summed E-state index contributed by atoms with van der Waals surface area (Å²) in [7, 11) is -3.77. The van der Waals surface area contributed by atoms with Gasteiger partial charge in [-0.3, -0.25) is 9.78 Å². The lowest BCUT2D eigenvalue weighted by molar-refractivity contribution is 0.192. The number of sulfonamides is 1. The third-order valence-electron chi connectivity index (χ3n) is 4.35. The number of aromatic nitrogens is 2. The van der Waals surface area contributed by atoms with Crippen molar-refractivity contribution in [3.05, 3.63) is 39.0 Å². The van der Waals surface area contributed by atoms with E-state index in [0.29, 0.717) is 19.4 Å². The molecule has 8 nitrogen and oxygen atoms in total. The second-order valence-corrected chi connectivity index (χ2v) is 7.78. The topological polar surface area (TPSA) is 123 Å². The first-order valence-corrected chi connectivity index (χ1v) is 9.26. The Morgan fingerprint density at radius 3 is 2.75 bits per heavy atom. The second kappa shape index (κ2) is 6.50. The maximum atomic E-state index is 13.0. The number of benzene rings is 1. The Morgan fingerprint density at radius 2 is 2.00 bits per heavy atom. The third kappa shape index (κ3) is 3.02. The Hall–Kier alpha value is -1.97. The van der Waals surface area contributed by atoms with E-state index in [1.54, 1.807) is 0 Å². The molecule has 1 aromatic heterocycles. The van der Waals surface area contributed by atoms with Crippen molar-refractivity contribution < 1.29 is 13.5 Å². The molecule has 1 saturated heterocycles. The van der Waals surface area contributed by atoms with E-state index in [0.717, 1.165) is 12.8 Å². The number of fused-ring (bicyclic) bond motifs is 1. The van der Waals surface area contributed by atoms with Crippen LogP contribution in [-0.2, 0) is 10.0 Å². The van der Waals surface area contributed by atoms with Gasteiger partial charge in [0.15, 0.2) is 0 Å². The van der Waals surface area contributed by atoms with Gasteiger partial charge < -0.3 is 10.1 Å². The first-order chi connectivity index (χ1) is 11.4. The van der Waals surface area contributed by atoms with Crippen LogP contribution in [0.3, 0.4) is 0 Å². The molecule has 1 atom stereocenters.